The van der Waals surface area contributed by atoms with Crippen molar-refractivity contribution in [2.75, 3.05) is 0 Å². The number of unbranched alkanes of at least 4 members (excludes halogenated alkanes) is 7. The third-order valence-electron chi connectivity index (χ3n) is 8.96. The van der Waals surface area contributed by atoms with Gasteiger partial charge in [0.1, 0.15) is 0 Å². The van der Waals surface area contributed by atoms with Crippen molar-refractivity contribution in [2.24, 2.45) is 0 Å². The molecule has 2 heteroatoms. The second kappa shape index (κ2) is 17.5. The van der Waals surface area contributed by atoms with Crippen molar-refractivity contribution in [2.45, 2.75) is 151 Å². The fraction of sp³-hybridized carbons (Fsp3) is 0.590. The molecule has 2 aromatic rings. The zero-order chi connectivity index (χ0) is 29.6. The highest BCUT2D eigenvalue weighted by molar-refractivity contribution is 5.82. The summed E-state index contributed by atoms with van der Waals surface area (Å²) in [5.74, 6) is 0. The summed E-state index contributed by atoms with van der Waals surface area (Å²) in [7, 11) is 0. The molecule has 0 bridgehead atoms. The van der Waals surface area contributed by atoms with E-state index in [0.717, 1.165) is 49.1 Å². The first-order chi connectivity index (χ1) is 20.0. The van der Waals surface area contributed by atoms with Crippen LogP contribution in [0.4, 0.5) is 0 Å². The molecule has 2 aromatic carbocycles. The van der Waals surface area contributed by atoms with Crippen LogP contribution in [0.1, 0.15) is 158 Å². The fourth-order valence-electron chi connectivity index (χ4n) is 6.36. The quantitative estimate of drug-likeness (QED) is 0.122. The summed E-state index contributed by atoms with van der Waals surface area (Å²) in [5, 5.41) is 0. The molecule has 0 saturated carbocycles. The molecule has 1 aliphatic rings. The summed E-state index contributed by atoms with van der Waals surface area (Å²) in [5.41, 5.74) is 24.8. The minimum atomic E-state index is 0.982. The molecule has 0 N–H and O–H groups in total. The van der Waals surface area contributed by atoms with Gasteiger partial charge in [0, 0.05) is 22.3 Å². The molecule has 1 aliphatic heterocycles. The highest BCUT2D eigenvalue weighted by Crippen LogP contribution is 2.43. The first-order valence-electron chi connectivity index (χ1n) is 17.2. The Morgan fingerprint density at radius 2 is 0.927 bits per heavy atom. The molecule has 224 valence electrons. The number of benzene rings is 2. The van der Waals surface area contributed by atoms with Crippen molar-refractivity contribution in [3.05, 3.63) is 86.5 Å². The van der Waals surface area contributed by atoms with E-state index in [9.17, 15) is 5.53 Å². The van der Waals surface area contributed by atoms with Crippen molar-refractivity contribution in [1.29, 1.82) is 0 Å². The van der Waals surface area contributed by atoms with Gasteiger partial charge in [-0.25, -0.2) is 4.70 Å². The van der Waals surface area contributed by atoms with E-state index in [4.69, 9.17) is 0 Å². The van der Waals surface area contributed by atoms with Gasteiger partial charge in [0.05, 0.1) is 0 Å². The minimum absolute atomic E-state index is 0.982. The number of hydrogen-bond acceptors (Lipinski definition) is 0. The van der Waals surface area contributed by atoms with Crippen LogP contribution in [0.3, 0.4) is 0 Å². The summed E-state index contributed by atoms with van der Waals surface area (Å²) < 4.78 is 1.56. The maximum Gasteiger partial charge on any atom is 0.211 e. The first-order valence-corrected chi connectivity index (χ1v) is 17.2. The third-order valence-corrected chi connectivity index (χ3v) is 8.96. The Morgan fingerprint density at radius 1 is 0.488 bits per heavy atom. The molecule has 0 saturated heterocycles. The maximum absolute atomic E-state index is 12.0. The topological polar surface area (TPSA) is 25.3 Å². The summed E-state index contributed by atoms with van der Waals surface area (Å²) >= 11 is 0. The average molecular weight is 555 g/mol. The number of allylic oxidation sites excluding steroid dienone is 2. The zero-order valence-electron chi connectivity index (χ0n) is 27.4. The van der Waals surface area contributed by atoms with Gasteiger partial charge in [-0.05, 0) is 118 Å². The van der Waals surface area contributed by atoms with E-state index in [1.807, 2.05) is 0 Å². The highest BCUT2D eigenvalue weighted by Gasteiger charge is 2.33. The molecule has 0 fully saturated rings. The van der Waals surface area contributed by atoms with E-state index >= 15 is 0 Å². The molecule has 1 heterocycles. The lowest BCUT2D eigenvalue weighted by atomic mass is 9.92. The monoisotopic (exact) mass is 554 g/mol. The molecule has 3 rings (SSSR count). The molecule has 0 atom stereocenters. The molecular formula is C39H58N2. The van der Waals surface area contributed by atoms with E-state index in [1.54, 1.807) is 4.70 Å². The van der Waals surface area contributed by atoms with Gasteiger partial charge >= 0.3 is 0 Å². The maximum atomic E-state index is 12.0. The minimum Gasteiger partial charge on any atom is -0.493 e. The number of rotatable bonds is 19. The normalized spacial score (nSPS) is 13.7. The molecule has 0 spiro atoms. The molecule has 0 amide bonds. The second-order valence-corrected chi connectivity index (χ2v) is 12.3. The van der Waals surface area contributed by atoms with E-state index in [2.05, 4.69) is 77.9 Å². The smallest absolute Gasteiger partial charge is 0.211 e. The summed E-state index contributed by atoms with van der Waals surface area (Å²) in [4.78, 5) is 0. The number of hydrogen-bond donors (Lipinski definition) is 0. The Bertz CT molecular complexity index is 1200. The third kappa shape index (κ3) is 8.76. The summed E-state index contributed by atoms with van der Waals surface area (Å²) in [6.07, 6.45) is 20.2. The second-order valence-electron chi connectivity index (χ2n) is 12.3. The Balaban J connectivity index is 2.06. The molecule has 41 heavy (non-hydrogen) atoms. The van der Waals surface area contributed by atoms with Gasteiger partial charge in [-0.15, -0.1) is 0 Å². The highest BCUT2D eigenvalue weighted by atomic mass is 15.2. The van der Waals surface area contributed by atoms with Crippen LogP contribution in [0, 0.1) is 0 Å². The Hall–Kier alpha value is -2.48. The van der Waals surface area contributed by atoms with Gasteiger partial charge in [-0.3, -0.25) is 0 Å². The SMILES string of the molecule is CCCCCCC1=C(c2ccc(CCCC)c(CCCC)c2)[N+](=[N-])C(c2ccc(CCCC)c(CCCC)c2)=C1C. The van der Waals surface area contributed by atoms with E-state index in [-0.39, 0.29) is 0 Å². The van der Waals surface area contributed by atoms with Crippen molar-refractivity contribution in [1.82, 2.24) is 0 Å². The van der Waals surface area contributed by atoms with E-state index in [0.29, 0.717) is 0 Å². The van der Waals surface area contributed by atoms with Crippen LogP contribution < -0.4 is 0 Å². The molecule has 0 unspecified atom stereocenters. The first kappa shape index (κ1) is 33.0. The van der Waals surface area contributed by atoms with Gasteiger partial charge in [-0.1, -0.05) is 91.7 Å². The average Bonchev–Trinajstić information content (AvgIpc) is 3.23. The van der Waals surface area contributed by atoms with Crippen molar-refractivity contribution < 1.29 is 4.70 Å². The van der Waals surface area contributed by atoms with E-state index in [1.165, 1.54) is 116 Å². The van der Waals surface area contributed by atoms with Crippen molar-refractivity contribution in [3.63, 3.8) is 0 Å². The summed E-state index contributed by atoms with van der Waals surface area (Å²) in [6.45, 7) is 13.6. The van der Waals surface area contributed by atoms with E-state index < -0.39 is 0 Å². The van der Waals surface area contributed by atoms with Crippen LogP contribution >= 0.6 is 0 Å². The van der Waals surface area contributed by atoms with Crippen LogP contribution in [0.25, 0.3) is 16.9 Å². The molecule has 0 aliphatic carbocycles. The molecule has 0 aromatic heterocycles. The molecule has 0 radical (unpaired) electrons. The van der Waals surface area contributed by atoms with Gasteiger partial charge < -0.3 is 5.53 Å². The predicted octanol–water partition coefficient (Wildman–Crippen LogP) is 12.2. The Kier molecular flexibility index (Phi) is 14.1. The van der Waals surface area contributed by atoms with Gasteiger partial charge in [-0.2, -0.15) is 0 Å². The zero-order valence-corrected chi connectivity index (χ0v) is 27.4. The van der Waals surface area contributed by atoms with Crippen LogP contribution in [-0.2, 0) is 25.7 Å². The summed E-state index contributed by atoms with van der Waals surface area (Å²) in [6, 6.07) is 14.0. The standard InChI is InChI=1S/C39H58N2/c1-7-12-17-18-23-37-30(6)38(35-26-24-31(19-13-8-2)33(28-35)21-15-10-4)41(40)39(37)36-27-25-32(20-14-9-3)34(29-36)22-16-11-5/h24-29H,7-23H2,1-6H3. The van der Waals surface area contributed by atoms with Gasteiger partial charge in [0.15, 0.2) is 0 Å². The van der Waals surface area contributed by atoms with Gasteiger partial charge in [0.25, 0.3) is 0 Å². The molecule has 2 nitrogen and oxygen atoms in total. The molecular weight excluding hydrogens is 496 g/mol. The fourth-order valence-corrected chi connectivity index (χ4v) is 6.36. The van der Waals surface area contributed by atoms with Crippen LogP contribution in [0.15, 0.2) is 47.5 Å². The van der Waals surface area contributed by atoms with Crippen LogP contribution in [-0.4, -0.2) is 4.70 Å². The van der Waals surface area contributed by atoms with Crippen molar-refractivity contribution in [3.8, 4) is 0 Å². The lowest BCUT2D eigenvalue weighted by Gasteiger charge is -2.15. The number of nitrogens with zero attached hydrogens (tertiary/aromatic N) is 2. The van der Waals surface area contributed by atoms with Gasteiger partial charge in [0.2, 0.25) is 11.4 Å². The Morgan fingerprint density at radius 3 is 1.39 bits per heavy atom. The predicted molar refractivity (Wildman–Crippen MR) is 179 cm³/mol. The largest absolute Gasteiger partial charge is 0.493 e. The van der Waals surface area contributed by atoms with Crippen LogP contribution in [0.2, 0.25) is 0 Å². The lowest BCUT2D eigenvalue weighted by molar-refractivity contribution is -0.345. The number of aryl methyl sites for hydroxylation is 4. The Labute approximate surface area is 252 Å². The van der Waals surface area contributed by atoms with Crippen molar-refractivity contribution >= 4 is 11.4 Å². The lowest BCUT2D eigenvalue weighted by Crippen LogP contribution is -2.05. The van der Waals surface area contributed by atoms with Crippen LogP contribution in [0.5, 0.6) is 0 Å².